The molecule has 0 bridgehead atoms. The van der Waals surface area contributed by atoms with Gasteiger partial charge >= 0.3 is 11.9 Å². The molecule has 0 aromatic heterocycles. The summed E-state index contributed by atoms with van der Waals surface area (Å²) in [5.41, 5.74) is -1.98. The van der Waals surface area contributed by atoms with E-state index in [1.165, 1.54) is 6.08 Å². The van der Waals surface area contributed by atoms with E-state index in [1.807, 2.05) is 39.0 Å². The lowest BCUT2D eigenvalue weighted by atomic mass is 9.60. The Labute approximate surface area is 232 Å². The minimum atomic E-state index is -1.46. The van der Waals surface area contributed by atoms with Gasteiger partial charge in [0.1, 0.15) is 6.10 Å². The Bertz CT molecular complexity index is 1140. The number of esters is 2. The van der Waals surface area contributed by atoms with Crippen molar-refractivity contribution in [2.24, 2.45) is 40.9 Å². The lowest BCUT2D eigenvalue weighted by molar-refractivity contribution is -0.219. The van der Waals surface area contributed by atoms with E-state index in [2.05, 4.69) is 6.92 Å². The molecule has 0 heterocycles. The van der Waals surface area contributed by atoms with Crippen LogP contribution >= 0.6 is 0 Å². The van der Waals surface area contributed by atoms with E-state index in [0.717, 1.165) is 12.8 Å². The number of ether oxygens (including phenoxy) is 2. The number of hydrogen-bond donors (Lipinski definition) is 2. The largest absolute Gasteiger partial charge is 0.455 e. The van der Waals surface area contributed by atoms with Crippen LogP contribution in [-0.2, 0) is 23.9 Å². The third-order valence-corrected chi connectivity index (χ3v) is 9.80. The summed E-state index contributed by atoms with van der Waals surface area (Å²) in [4.78, 5) is 39.4. The first-order chi connectivity index (χ1) is 18.3. The van der Waals surface area contributed by atoms with Gasteiger partial charge in [-0.15, -0.1) is 0 Å². The number of fused-ring (bicyclic) bond motifs is 5. The predicted molar refractivity (Wildman–Crippen MR) is 147 cm³/mol. The van der Waals surface area contributed by atoms with Crippen molar-refractivity contribution in [2.45, 2.75) is 85.0 Å². The van der Waals surface area contributed by atoms with Gasteiger partial charge in [-0.05, 0) is 30.9 Å². The summed E-state index contributed by atoms with van der Waals surface area (Å²) in [6.45, 7) is 12.9. The smallest absolute Gasteiger partial charge is 0.331 e. The summed E-state index contributed by atoms with van der Waals surface area (Å²) in [5.74, 6) is -4.01. The Morgan fingerprint density at radius 1 is 1.18 bits per heavy atom. The molecule has 0 spiro atoms. The number of carbonyl (C=O) groups excluding carboxylic acids is 3. The molecule has 0 amide bonds. The molecule has 7 heteroatoms. The van der Waals surface area contributed by atoms with Crippen LogP contribution in [0.1, 0.15) is 67.7 Å². The van der Waals surface area contributed by atoms with Crippen molar-refractivity contribution in [2.75, 3.05) is 6.61 Å². The van der Waals surface area contributed by atoms with Crippen molar-refractivity contribution in [3.63, 3.8) is 0 Å². The number of ketones is 1. The first kappa shape index (κ1) is 29.5. The van der Waals surface area contributed by atoms with Crippen molar-refractivity contribution in [1.82, 2.24) is 0 Å². The van der Waals surface area contributed by atoms with E-state index in [1.54, 1.807) is 32.9 Å². The van der Waals surface area contributed by atoms with Gasteiger partial charge < -0.3 is 19.7 Å². The van der Waals surface area contributed by atoms with Crippen molar-refractivity contribution in [1.29, 1.82) is 0 Å². The zero-order chi connectivity index (χ0) is 28.9. The number of rotatable bonds is 8. The Kier molecular flexibility index (Phi) is 7.91. The molecule has 4 aliphatic carbocycles. The molecule has 0 aromatic rings. The van der Waals surface area contributed by atoms with Crippen LogP contribution < -0.4 is 0 Å². The van der Waals surface area contributed by atoms with Gasteiger partial charge in [0, 0.05) is 41.1 Å². The summed E-state index contributed by atoms with van der Waals surface area (Å²) in [7, 11) is 0. The lowest BCUT2D eigenvalue weighted by Gasteiger charge is -2.52. The highest BCUT2D eigenvalue weighted by atomic mass is 16.6. The van der Waals surface area contributed by atoms with Crippen LogP contribution in [0, 0.1) is 40.9 Å². The molecule has 2 N–H and O–H groups in total. The Balaban J connectivity index is 1.83. The molecule has 0 aromatic carbocycles. The highest BCUT2D eigenvalue weighted by molar-refractivity contribution is 6.00. The van der Waals surface area contributed by atoms with Crippen LogP contribution in [-0.4, -0.2) is 51.8 Å². The van der Waals surface area contributed by atoms with E-state index >= 15 is 0 Å². The minimum Gasteiger partial charge on any atom is -0.455 e. The molecule has 7 nitrogen and oxygen atoms in total. The summed E-state index contributed by atoms with van der Waals surface area (Å²) >= 11 is 0. The van der Waals surface area contributed by atoms with Gasteiger partial charge in [-0.3, -0.25) is 9.59 Å². The average Bonchev–Trinajstić information content (AvgIpc) is 3.28. The molecule has 8 unspecified atom stereocenters. The Morgan fingerprint density at radius 3 is 2.49 bits per heavy atom. The maximum atomic E-state index is 13.2. The third kappa shape index (κ3) is 4.46. The number of allylic oxidation sites excluding steroid dienone is 4. The number of hydrogen-bond acceptors (Lipinski definition) is 7. The quantitative estimate of drug-likeness (QED) is 0.202. The van der Waals surface area contributed by atoms with Gasteiger partial charge in [-0.1, -0.05) is 78.3 Å². The molecule has 4 rings (SSSR count). The summed E-state index contributed by atoms with van der Waals surface area (Å²) in [6, 6.07) is 0. The fraction of sp³-hybridized carbons (Fsp3) is 0.656. The standard InChI is InChI=1S/C32H44O7/c1-8-9-10-11-12-13-25(34)38-28-20(5)31(37)23-14-19(4)26(35)22(23)15-21(17-33)16-24(31)27-30(6,7)32(27,28)39-29(36)18(2)3/h10-14,16,18,20,22-24,27-28,33,37H,8-9,15,17H2,1-7H3. The van der Waals surface area contributed by atoms with Crippen LogP contribution in [0.25, 0.3) is 0 Å². The van der Waals surface area contributed by atoms with Crippen LogP contribution in [0.5, 0.6) is 0 Å². The van der Waals surface area contributed by atoms with Crippen molar-refractivity contribution in [3.05, 3.63) is 47.6 Å². The zero-order valence-corrected chi connectivity index (χ0v) is 24.3. The highest BCUT2D eigenvalue weighted by Crippen LogP contribution is 2.77. The lowest BCUT2D eigenvalue weighted by Crippen LogP contribution is -2.63. The molecule has 8 atom stereocenters. The first-order valence-electron chi connectivity index (χ1n) is 14.3. The van der Waals surface area contributed by atoms with Crippen molar-refractivity contribution in [3.8, 4) is 0 Å². The van der Waals surface area contributed by atoms with E-state index < -0.39 is 64.2 Å². The molecule has 0 radical (unpaired) electrons. The first-order valence-corrected chi connectivity index (χ1v) is 14.3. The maximum absolute atomic E-state index is 13.2. The number of carbonyl (C=O) groups is 3. The molecule has 2 fully saturated rings. The molecule has 39 heavy (non-hydrogen) atoms. The Hall–Kier alpha value is -2.51. The normalized spacial score (nSPS) is 38.6. The van der Waals surface area contributed by atoms with Crippen molar-refractivity contribution >= 4 is 17.7 Å². The topological polar surface area (TPSA) is 110 Å². The monoisotopic (exact) mass is 540 g/mol. The fourth-order valence-electron chi connectivity index (χ4n) is 7.68. The molecule has 2 saturated carbocycles. The van der Waals surface area contributed by atoms with E-state index in [-0.39, 0.29) is 18.3 Å². The van der Waals surface area contributed by atoms with Gasteiger partial charge in [-0.25, -0.2) is 4.79 Å². The minimum absolute atomic E-state index is 0.0332. The molecule has 0 aliphatic heterocycles. The van der Waals surface area contributed by atoms with Gasteiger partial charge in [-0.2, -0.15) is 0 Å². The fourth-order valence-corrected chi connectivity index (χ4v) is 7.68. The predicted octanol–water partition coefficient (Wildman–Crippen LogP) is 4.49. The molecule has 4 aliphatic rings. The molecular weight excluding hydrogens is 496 g/mol. The average molecular weight is 541 g/mol. The summed E-state index contributed by atoms with van der Waals surface area (Å²) in [5, 5.41) is 22.9. The second kappa shape index (κ2) is 10.5. The van der Waals surface area contributed by atoms with E-state index in [4.69, 9.17) is 9.47 Å². The maximum Gasteiger partial charge on any atom is 0.331 e. The van der Waals surface area contributed by atoms with Crippen LogP contribution in [0.4, 0.5) is 0 Å². The molecular formula is C32H44O7. The second-order valence-corrected chi connectivity index (χ2v) is 12.7. The molecule has 214 valence electrons. The van der Waals surface area contributed by atoms with E-state index in [9.17, 15) is 24.6 Å². The van der Waals surface area contributed by atoms with Crippen LogP contribution in [0.15, 0.2) is 47.6 Å². The SMILES string of the molecule is CCCC=CC=CC(=O)OC1C(C)C2(O)C3C=C(C)C(=O)C3CC(CO)=CC2C2C(C)(C)C12OC(=O)C(C)C. The summed E-state index contributed by atoms with van der Waals surface area (Å²) < 4.78 is 12.4. The van der Waals surface area contributed by atoms with Gasteiger partial charge in [0.25, 0.3) is 0 Å². The molecule has 0 saturated heterocycles. The number of Topliss-reactive ketones (excluding diaryl/α,β-unsaturated/α-hetero) is 1. The van der Waals surface area contributed by atoms with Gasteiger partial charge in [0.15, 0.2) is 11.4 Å². The number of aliphatic hydroxyl groups is 2. The van der Waals surface area contributed by atoms with Crippen molar-refractivity contribution < 1.29 is 34.1 Å². The Morgan fingerprint density at radius 2 is 1.87 bits per heavy atom. The highest BCUT2D eigenvalue weighted by Gasteiger charge is 2.87. The third-order valence-electron chi connectivity index (χ3n) is 9.80. The van der Waals surface area contributed by atoms with Gasteiger partial charge in [0.2, 0.25) is 0 Å². The second-order valence-electron chi connectivity index (χ2n) is 12.7. The summed E-state index contributed by atoms with van der Waals surface area (Å²) in [6.07, 6.45) is 11.8. The van der Waals surface area contributed by atoms with Crippen LogP contribution in [0.2, 0.25) is 0 Å². The van der Waals surface area contributed by atoms with Gasteiger partial charge in [0.05, 0.1) is 18.1 Å². The van der Waals surface area contributed by atoms with Crippen LogP contribution in [0.3, 0.4) is 0 Å². The number of aliphatic hydroxyl groups excluding tert-OH is 1. The number of unbranched alkanes of at least 4 members (excludes halogenated alkanes) is 1. The zero-order valence-electron chi connectivity index (χ0n) is 24.3. The van der Waals surface area contributed by atoms with E-state index in [0.29, 0.717) is 17.6 Å².